The van der Waals surface area contributed by atoms with Crippen LogP contribution in [0.1, 0.15) is 22.0 Å². The zero-order chi connectivity index (χ0) is 17.1. The van der Waals surface area contributed by atoms with Crippen LogP contribution >= 0.6 is 0 Å². The van der Waals surface area contributed by atoms with Crippen LogP contribution in [0.15, 0.2) is 61.3 Å². The number of nitrogens with zero attached hydrogens (tertiary/aromatic N) is 5. The molecule has 0 saturated carbocycles. The second-order valence-corrected chi connectivity index (χ2v) is 5.94. The van der Waals surface area contributed by atoms with E-state index in [2.05, 4.69) is 32.6 Å². The Morgan fingerprint density at radius 2 is 1.92 bits per heavy atom. The van der Waals surface area contributed by atoms with Crippen LogP contribution in [0.25, 0.3) is 5.82 Å². The van der Waals surface area contributed by atoms with Crippen molar-refractivity contribution in [1.82, 2.24) is 30.0 Å². The average Bonchev–Trinajstić information content (AvgIpc) is 3.23. The van der Waals surface area contributed by atoms with E-state index < -0.39 is 0 Å². The van der Waals surface area contributed by atoms with Gasteiger partial charge in [-0.1, -0.05) is 30.3 Å². The van der Waals surface area contributed by atoms with Gasteiger partial charge < -0.3 is 10.2 Å². The Morgan fingerprint density at radius 1 is 1.12 bits per heavy atom. The molecule has 0 spiro atoms. The Labute approximate surface area is 145 Å². The average molecular weight is 334 g/mol. The number of hydrogen-bond acceptors (Lipinski definition) is 5. The maximum atomic E-state index is 12.9. The van der Waals surface area contributed by atoms with Gasteiger partial charge in [0, 0.05) is 37.4 Å². The summed E-state index contributed by atoms with van der Waals surface area (Å²) in [6, 6.07) is 13.9. The summed E-state index contributed by atoms with van der Waals surface area (Å²) in [6.07, 6.45) is 4.76. The van der Waals surface area contributed by atoms with Gasteiger partial charge in [-0.2, -0.15) is 0 Å². The Bertz CT molecular complexity index is 849. The molecule has 25 heavy (non-hydrogen) atoms. The highest BCUT2D eigenvalue weighted by Crippen LogP contribution is 2.19. The van der Waals surface area contributed by atoms with Crippen molar-refractivity contribution in [2.24, 2.45) is 0 Å². The van der Waals surface area contributed by atoms with Gasteiger partial charge in [-0.05, 0) is 17.7 Å². The predicted octanol–water partition coefficient (Wildman–Crippen LogP) is 1.45. The van der Waals surface area contributed by atoms with Gasteiger partial charge in [0.15, 0.2) is 0 Å². The van der Waals surface area contributed by atoms with Crippen LogP contribution in [0.5, 0.6) is 0 Å². The number of benzene rings is 1. The number of carbonyl (C=O) groups is 1. The maximum absolute atomic E-state index is 12.9. The number of rotatable bonds is 3. The van der Waals surface area contributed by atoms with Crippen molar-refractivity contribution in [3.05, 3.63) is 72.4 Å². The first kappa shape index (κ1) is 15.5. The van der Waals surface area contributed by atoms with E-state index in [4.69, 9.17) is 0 Å². The summed E-state index contributed by atoms with van der Waals surface area (Å²) >= 11 is 0. The number of carbonyl (C=O) groups excluding carboxylic acids is 1. The quantitative estimate of drug-likeness (QED) is 0.784. The normalized spacial score (nSPS) is 17.4. The summed E-state index contributed by atoms with van der Waals surface area (Å²) in [4.78, 5) is 19.1. The first-order valence-electron chi connectivity index (χ1n) is 8.20. The number of amides is 1. The lowest BCUT2D eigenvalue weighted by Crippen LogP contribution is -2.48. The summed E-state index contributed by atoms with van der Waals surface area (Å²) in [7, 11) is 0. The topological polar surface area (TPSA) is 75.9 Å². The highest BCUT2D eigenvalue weighted by atomic mass is 16.2. The molecule has 1 aliphatic heterocycles. The lowest BCUT2D eigenvalue weighted by Gasteiger charge is -2.34. The second kappa shape index (κ2) is 6.82. The molecule has 3 aromatic rings. The van der Waals surface area contributed by atoms with Gasteiger partial charge >= 0.3 is 0 Å². The van der Waals surface area contributed by atoms with Crippen LogP contribution in [-0.2, 0) is 0 Å². The third-order valence-electron chi connectivity index (χ3n) is 4.34. The minimum Gasteiger partial charge on any atom is -0.335 e. The van der Waals surface area contributed by atoms with E-state index in [1.165, 1.54) is 5.56 Å². The molecule has 1 atom stereocenters. The molecule has 0 aliphatic carbocycles. The fourth-order valence-electron chi connectivity index (χ4n) is 3.04. The molecule has 126 valence electrons. The van der Waals surface area contributed by atoms with E-state index in [1.807, 2.05) is 23.1 Å². The van der Waals surface area contributed by atoms with Crippen LogP contribution in [0, 0.1) is 0 Å². The zero-order valence-electron chi connectivity index (χ0n) is 13.6. The molecule has 1 N–H and O–H groups in total. The smallest absolute Gasteiger partial charge is 0.254 e. The minimum atomic E-state index is 0.0131. The third kappa shape index (κ3) is 3.27. The van der Waals surface area contributed by atoms with Crippen molar-refractivity contribution in [2.45, 2.75) is 6.04 Å². The number of aromatic nitrogens is 4. The number of piperazine rings is 1. The van der Waals surface area contributed by atoms with Crippen LogP contribution in [-0.4, -0.2) is 50.2 Å². The molecule has 2 aromatic heterocycles. The Balaban J connectivity index is 1.53. The monoisotopic (exact) mass is 334 g/mol. The number of pyridine rings is 1. The minimum absolute atomic E-state index is 0.0131. The van der Waals surface area contributed by atoms with Crippen molar-refractivity contribution in [1.29, 1.82) is 0 Å². The molecule has 1 aliphatic rings. The first-order chi connectivity index (χ1) is 12.3. The van der Waals surface area contributed by atoms with E-state index in [0.717, 1.165) is 6.54 Å². The van der Waals surface area contributed by atoms with E-state index >= 15 is 0 Å². The van der Waals surface area contributed by atoms with Crippen molar-refractivity contribution in [3.63, 3.8) is 0 Å². The van der Waals surface area contributed by atoms with Crippen LogP contribution < -0.4 is 5.32 Å². The third-order valence-corrected chi connectivity index (χ3v) is 4.34. The van der Waals surface area contributed by atoms with Crippen molar-refractivity contribution >= 4 is 5.91 Å². The Kier molecular flexibility index (Phi) is 4.22. The maximum Gasteiger partial charge on any atom is 0.254 e. The fraction of sp³-hybridized carbons (Fsp3) is 0.222. The van der Waals surface area contributed by atoms with Gasteiger partial charge in [0.2, 0.25) is 0 Å². The molecule has 0 bridgehead atoms. The van der Waals surface area contributed by atoms with Gasteiger partial charge in [-0.25, -0.2) is 4.98 Å². The molecule has 1 amide bonds. The second-order valence-electron chi connectivity index (χ2n) is 5.94. The number of hydrogen-bond donors (Lipinski definition) is 1. The highest BCUT2D eigenvalue weighted by molar-refractivity contribution is 5.94. The van der Waals surface area contributed by atoms with Gasteiger partial charge in [0.1, 0.15) is 18.5 Å². The van der Waals surface area contributed by atoms with Crippen LogP contribution in [0.4, 0.5) is 0 Å². The SMILES string of the molecule is O=C(c1ccnc(-n2cnnc2)c1)N1CCN[C@H](c2ccccc2)C1. The molecule has 0 radical (unpaired) electrons. The lowest BCUT2D eigenvalue weighted by molar-refractivity contribution is 0.0703. The van der Waals surface area contributed by atoms with E-state index in [0.29, 0.717) is 24.5 Å². The molecule has 3 heterocycles. The van der Waals surface area contributed by atoms with Crippen molar-refractivity contribution in [2.75, 3.05) is 19.6 Å². The molecule has 4 rings (SSSR count). The summed E-state index contributed by atoms with van der Waals surface area (Å²) in [5, 5.41) is 11.0. The molecular weight excluding hydrogens is 316 g/mol. The van der Waals surface area contributed by atoms with Crippen LogP contribution in [0.2, 0.25) is 0 Å². The summed E-state index contributed by atoms with van der Waals surface area (Å²) in [5.41, 5.74) is 1.81. The summed E-state index contributed by atoms with van der Waals surface area (Å²) in [5.74, 6) is 0.643. The lowest BCUT2D eigenvalue weighted by atomic mass is 10.0. The van der Waals surface area contributed by atoms with E-state index in [1.54, 1.807) is 35.6 Å². The molecular formula is C18H18N6O. The van der Waals surface area contributed by atoms with Crippen molar-refractivity contribution in [3.8, 4) is 5.82 Å². The molecule has 7 nitrogen and oxygen atoms in total. The standard InChI is InChI=1S/C18H18N6O/c25-18(15-6-7-20-17(10-15)24-12-21-22-13-24)23-9-8-19-16(11-23)14-4-2-1-3-5-14/h1-7,10,12-13,16,19H,8-9,11H2/t16-/m0/s1. The summed E-state index contributed by atoms with van der Waals surface area (Å²) < 4.78 is 1.68. The molecule has 1 fully saturated rings. The van der Waals surface area contributed by atoms with Gasteiger partial charge in [-0.15, -0.1) is 10.2 Å². The van der Waals surface area contributed by atoms with Gasteiger partial charge in [0.25, 0.3) is 5.91 Å². The summed E-state index contributed by atoms with van der Waals surface area (Å²) in [6.45, 7) is 2.11. The van der Waals surface area contributed by atoms with E-state index in [-0.39, 0.29) is 11.9 Å². The molecule has 0 unspecified atom stereocenters. The Morgan fingerprint density at radius 3 is 2.72 bits per heavy atom. The molecule has 1 aromatic carbocycles. The Hall–Kier alpha value is -3.06. The molecule has 1 saturated heterocycles. The van der Waals surface area contributed by atoms with Gasteiger partial charge in [0.05, 0.1) is 0 Å². The molecule has 7 heteroatoms. The largest absolute Gasteiger partial charge is 0.335 e. The fourth-order valence-corrected chi connectivity index (χ4v) is 3.04. The zero-order valence-corrected chi connectivity index (χ0v) is 13.6. The van der Waals surface area contributed by atoms with Gasteiger partial charge in [-0.3, -0.25) is 9.36 Å². The number of nitrogens with one attached hydrogen (secondary N) is 1. The van der Waals surface area contributed by atoms with Crippen LogP contribution in [0.3, 0.4) is 0 Å². The first-order valence-corrected chi connectivity index (χ1v) is 8.20. The highest BCUT2D eigenvalue weighted by Gasteiger charge is 2.25. The predicted molar refractivity (Wildman–Crippen MR) is 92.2 cm³/mol. The van der Waals surface area contributed by atoms with Crippen molar-refractivity contribution < 1.29 is 4.79 Å². The van der Waals surface area contributed by atoms with E-state index in [9.17, 15) is 4.79 Å².